The normalized spacial score (nSPS) is 9.00. The molecule has 0 unspecified atom stereocenters. The van der Waals surface area contributed by atoms with Gasteiger partial charge in [0, 0.05) is 30.8 Å². The fraction of sp³-hybridized carbons (Fsp3) is 0.267. The van der Waals surface area contributed by atoms with Crippen LogP contribution in [0.3, 0.4) is 0 Å². The molecule has 0 spiro atoms. The quantitative estimate of drug-likeness (QED) is 0.423. The lowest BCUT2D eigenvalue weighted by atomic mass is 10.1. The lowest BCUT2D eigenvalue weighted by molar-refractivity contribution is 0.112. The van der Waals surface area contributed by atoms with Crippen LogP contribution < -0.4 is 4.90 Å². The third-order valence-corrected chi connectivity index (χ3v) is 2.44. The Morgan fingerprint density at radius 2 is 2.18 bits per heavy atom. The van der Waals surface area contributed by atoms with Gasteiger partial charge in [0.2, 0.25) is 0 Å². The molecule has 0 aromatic heterocycles. The largest absolute Gasteiger partial charge is 0.366 e. The Morgan fingerprint density at radius 3 is 2.82 bits per heavy atom. The SMILES string of the molecule is C=CCN(CCC#CC)c1ccccc1C=O. The van der Waals surface area contributed by atoms with Gasteiger partial charge in [-0.05, 0) is 19.1 Å². The number of para-hydroxylation sites is 1. The van der Waals surface area contributed by atoms with Gasteiger partial charge in [-0.2, -0.15) is 0 Å². The maximum atomic E-state index is 11.0. The summed E-state index contributed by atoms with van der Waals surface area (Å²) in [6.45, 7) is 7.10. The fourth-order valence-electron chi connectivity index (χ4n) is 1.66. The van der Waals surface area contributed by atoms with Gasteiger partial charge in [-0.25, -0.2) is 0 Å². The molecular weight excluding hydrogens is 210 g/mol. The third-order valence-electron chi connectivity index (χ3n) is 2.44. The standard InChI is InChI=1S/C15H17NO/c1-3-5-8-12-16(11-4-2)15-10-7-6-9-14(15)13-17/h4,6-7,9-10,13H,2,8,11-12H2,1H3. The van der Waals surface area contributed by atoms with Crippen LogP contribution in [-0.2, 0) is 0 Å². The number of carbonyl (C=O) groups excluding carboxylic acids is 1. The molecule has 0 bridgehead atoms. The first-order valence-electron chi connectivity index (χ1n) is 5.63. The highest BCUT2D eigenvalue weighted by Gasteiger charge is 2.08. The molecule has 1 aromatic rings. The van der Waals surface area contributed by atoms with Crippen molar-refractivity contribution in [3.63, 3.8) is 0 Å². The monoisotopic (exact) mass is 227 g/mol. The Bertz CT molecular complexity index is 440. The van der Waals surface area contributed by atoms with Gasteiger partial charge in [0.05, 0.1) is 0 Å². The predicted octanol–water partition coefficient (Wildman–Crippen LogP) is 2.90. The first-order valence-corrected chi connectivity index (χ1v) is 5.63. The van der Waals surface area contributed by atoms with E-state index >= 15 is 0 Å². The van der Waals surface area contributed by atoms with Gasteiger partial charge >= 0.3 is 0 Å². The Morgan fingerprint density at radius 1 is 1.41 bits per heavy atom. The minimum atomic E-state index is 0.707. The number of nitrogens with zero attached hydrogens (tertiary/aromatic N) is 1. The molecule has 2 heteroatoms. The number of benzene rings is 1. The van der Waals surface area contributed by atoms with E-state index in [2.05, 4.69) is 23.3 Å². The van der Waals surface area contributed by atoms with Crippen molar-refractivity contribution < 1.29 is 4.79 Å². The van der Waals surface area contributed by atoms with E-state index < -0.39 is 0 Å². The molecule has 2 nitrogen and oxygen atoms in total. The molecule has 0 heterocycles. The van der Waals surface area contributed by atoms with Crippen LogP contribution in [0.2, 0.25) is 0 Å². The van der Waals surface area contributed by atoms with Crippen LogP contribution in [0.25, 0.3) is 0 Å². The first kappa shape index (κ1) is 13.1. The molecule has 1 rings (SSSR count). The summed E-state index contributed by atoms with van der Waals surface area (Å²) in [5.74, 6) is 5.90. The second-order valence-electron chi connectivity index (χ2n) is 3.59. The maximum absolute atomic E-state index is 11.0. The van der Waals surface area contributed by atoms with Crippen LogP contribution in [-0.4, -0.2) is 19.4 Å². The second kappa shape index (κ2) is 7.29. The first-order chi connectivity index (χ1) is 8.33. The van der Waals surface area contributed by atoms with Crippen LogP contribution in [0, 0.1) is 11.8 Å². The van der Waals surface area contributed by atoms with E-state index in [1.807, 2.05) is 37.3 Å². The summed E-state index contributed by atoms with van der Waals surface area (Å²) in [6.07, 6.45) is 3.51. The third kappa shape index (κ3) is 3.81. The molecule has 0 amide bonds. The number of anilines is 1. The fourth-order valence-corrected chi connectivity index (χ4v) is 1.66. The van der Waals surface area contributed by atoms with Crippen molar-refractivity contribution in [2.75, 3.05) is 18.0 Å². The van der Waals surface area contributed by atoms with Gasteiger partial charge in [-0.1, -0.05) is 18.2 Å². The van der Waals surface area contributed by atoms with E-state index in [0.717, 1.165) is 31.5 Å². The molecule has 1 aromatic carbocycles. The van der Waals surface area contributed by atoms with Crippen LogP contribution in [0.15, 0.2) is 36.9 Å². The average molecular weight is 227 g/mol. The molecule has 88 valence electrons. The Kier molecular flexibility index (Phi) is 5.60. The highest BCUT2D eigenvalue weighted by Crippen LogP contribution is 2.18. The average Bonchev–Trinajstić information content (AvgIpc) is 2.38. The molecule has 0 atom stereocenters. The second-order valence-corrected chi connectivity index (χ2v) is 3.59. The molecule has 0 aliphatic heterocycles. The summed E-state index contributed by atoms with van der Waals surface area (Å²) in [6, 6.07) is 7.58. The van der Waals surface area contributed by atoms with Gasteiger partial charge in [-0.15, -0.1) is 18.4 Å². The molecule has 0 aliphatic rings. The van der Waals surface area contributed by atoms with Crippen molar-refractivity contribution in [2.24, 2.45) is 0 Å². The predicted molar refractivity (Wildman–Crippen MR) is 72.3 cm³/mol. The minimum absolute atomic E-state index is 0.707. The van der Waals surface area contributed by atoms with Gasteiger partial charge < -0.3 is 4.90 Å². The smallest absolute Gasteiger partial charge is 0.152 e. The summed E-state index contributed by atoms with van der Waals surface area (Å²) in [5.41, 5.74) is 1.65. The van der Waals surface area contributed by atoms with E-state index in [4.69, 9.17) is 0 Å². The molecule has 0 saturated heterocycles. The zero-order valence-electron chi connectivity index (χ0n) is 10.1. The molecule has 0 fully saturated rings. The Balaban J connectivity index is 2.90. The Hall–Kier alpha value is -2.01. The number of rotatable bonds is 6. The topological polar surface area (TPSA) is 20.3 Å². The van der Waals surface area contributed by atoms with Gasteiger partial charge in [0.25, 0.3) is 0 Å². The lowest BCUT2D eigenvalue weighted by Gasteiger charge is -2.23. The summed E-state index contributed by atoms with van der Waals surface area (Å²) in [5, 5.41) is 0. The number of carbonyl (C=O) groups is 1. The highest BCUT2D eigenvalue weighted by molar-refractivity contribution is 5.84. The number of hydrogen-bond donors (Lipinski definition) is 0. The molecule has 0 radical (unpaired) electrons. The van der Waals surface area contributed by atoms with Crippen molar-refractivity contribution in [3.8, 4) is 11.8 Å². The van der Waals surface area contributed by atoms with Gasteiger partial charge in [0.15, 0.2) is 6.29 Å². The van der Waals surface area contributed by atoms with Crippen LogP contribution in [0.4, 0.5) is 5.69 Å². The van der Waals surface area contributed by atoms with Crippen molar-refractivity contribution in [2.45, 2.75) is 13.3 Å². The molecular formula is C15H17NO. The van der Waals surface area contributed by atoms with Crippen LogP contribution >= 0.6 is 0 Å². The van der Waals surface area contributed by atoms with Crippen molar-refractivity contribution in [3.05, 3.63) is 42.5 Å². The van der Waals surface area contributed by atoms with Crippen molar-refractivity contribution in [1.29, 1.82) is 0 Å². The summed E-state index contributed by atoms with van der Waals surface area (Å²) in [7, 11) is 0. The van der Waals surface area contributed by atoms with Crippen LogP contribution in [0.5, 0.6) is 0 Å². The molecule has 0 saturated carbocycles. The summed E-state index contributed by atoms with van der Waals surface area (Å²) < 4.78 is 0. The zero-order valence-corrected chi connectivity index (χ0v) is 10.1. The van der Waals surface area contributed by atoms with E-state index in [1.54, 1.807) is 0 Å². The van der Waals surface area contributed by atoms with E-state index in [0.29, 0.717) is 5.56 Å². The summed E-state index contributed by atoms with van der Waals surface area (Å²) in [4.78, 5) is 13.1. The number of aldehydes is 1. The molecule has 17 heavy (non-hydrogen) atoms. The number of hydrogen-bond acceptors (Lipinski definition) is 2. The highest BCUT2D eigenvalue weighted by atomic mass is 16.1. The van der Waals surface area contributed by atoms with Gasteiger partial charge in [-0.3, -0.25) is 4.79 Å². The lowest BCUT2D eigenvalue weighted by Crippen LogP contribution is -2.25. The molecule has 0 N–H and O–H groups in total. The maximum Gasteiger partial charge on any atom is 0.152 e. The minimum Gasteiger partial charge on any atom is -0.366 e. The molecule has 0 aliphatic carbocycles. The van der Waals surface area contributed by atoms with Gasteiger partial charge in [0.1, 0.15) is 0 Å². The van der Waals surface area contributed by atoms with E-state index in [1.165, 1.54) is 0 Å². The van der Waals surface area contributed by atoms with Crippen LogP contribution in [0.1, 0.15) is 23.7 Å². The van der Waals surface area contributed by atoms with E-state index in [9.17, 15) is 4.79 Å². The van der Waals surface area contributed by atoms with Crippen molar-refractivity contribution in [1.82, 2.24) is 0 Å². The zero-order chi connectivity index (χ0) is 12.5. The summed E-state index contributed by atoms with van der Waals surface area (Å²) >= 11 is 0. The van der Waals surface area contributed by atoms with Crippen molar-refractivity contribution >= 4 is 12.0 Å². The van der Waals surface area contributed by atoms with E-state index in [-0.39, 0.29) is 0 Å². The Labute approximate surface area is 103 Å².